The fourth-order valence-corrected chi connectivity index (χ4v) is 4.88. The van der Waals surface area contributed by atoms with Crippen LogP contribution in [0.2, 0.25) is 0 Å². The summed E-state index contributed by atoms with van der Waals surface area (Å²) in [7, 11) is 0.453. The van der Waals surface area contributed by atoms with Crippen molar-refractivity contribution in [3.8, 4) is 11.8 Å². The maximum absolute atomic E-state index is 13.7. The third kappa shape index (κ3) is 7.07. The summed E-state index contributed by atoms with van der Waals surface area (Å²) in [6, 6.07) is 14.4. The Bertz CT molecular complexity index is 1410. The number of primary amides is 1. The third-order valence-corrected chi connectivity index (χ3v) is 7.06. The molecule has 11 heteroatoms. The van der Waals surface area contributed by atoms with Gasteiger partial charge in [0.05, 0.1) is 12.1 Å². The minimum absolute atomic E-state index is 0.0240. The zero-order valence-corrected chi connectivity index (χ0v) is 22.0. The Morgan fingerprint density at radius 2 is 1.88 bits per heavy atom. The molecule has 3 aromatic rings. The Hall–Kier alpha value is -4.17. The molecule has 1 amide bonds. The molecule has 0 spiro atoms. The Labute approximate surface area is 231 Å². The van der Waals surface area contributed by atoms with Crippen molar-refractivity contribution < 1.29 is 22.8 Å². The number of halogens is 3. The number of nitrogens with zero attached hydrogens (tertiary/aromatic N) is 3. The van der Waals surface area contributed by atoms with Crippen LogP contribution in [-0.4, -0.2) is 47.4 Å². The summed E-state index contributed by atoms with van der Waals surface area (Å²) in [4.78, 5) is 32.7. The molecular weight excluding hydrogens is 518 g/mol. The normalized spacial score (nSPS) is 15.0. The molecule has 40 heavy (non-hydrogen) atoms. The molecule has 1 unspecified atom stereocenters. The number of amides is 1. The van der Waals surface area contributed by atoms with E-state index in [4.69, 9.17) is 5.73 Å². The number of rotatable bonds is 8. The van der Waals surface area contributed by atoms with Gasteiger partial charge in [0.1, 0.15) is 11.3 Å². The van der Waals surface area contributed by atoms with Gasteiger partial charge in [-0.05, 0) is 73.5 Å². The largest absolute Gasteiger partial charge is 0.420 e. The van der Waals surface area contributed by atoms with Crippen LogP contribution < -0.4 is 11.1 Å². The lowest BCUT2D eigenvalue weighted by Crippen LogP contribution is -2.36. The summed E-state index contributed by atoms with van der Waals surface area (Å²) in [5, 5.41) is 2.96. The summed E-state index contributed by atoms with van der Waals surface area (Å²) in [5.74, 6) is 4.52. The number of nitrogens with one attached hydrogen (secondary N) is 1. The van der Waals surface area contributed by atoms with Crippen LogP contribution in [-0.2, 0) is 15.8 Å². The van der Waals surface area contributed by atoms with Crippen LogP contribution in [0.3, 0.4) is 0 Å². The lowest BCUT2D eigenvalue weighted by Gasteiger charge is -2.30. The first kappa shape index (κ1) is 28.8. The third-order valence-electron chi connectivity index (χ3n) is 7.06. The van der Waals surface area contributed by atoms with Crippen molar-refractivity contribution in [2.45, 2.75) is 44.2 Å². The van der Waals surface area contributed by atoms with E-state index in [9.17, 15) is 22.8 Å². The van der Waals surface area contributed by atoms with Crippen molar-refractivity contribution in [2.24, 2.45) is 5.73 Å². The zero-order chi connectivity index (χ0) is 28.7. The lowest BCUT2D eigenvalue weighted by molar-refractivity contribution is -0.138. The Kier molecular flexibility index (Phi) is 9.22. The molecular formula is C29H29BF3N5O2. The first-order valence-corrected chi connectivity index (χ1v) is 13.1. The molecule has 1 saturated heterocycles. The molecule has 4 rings (SSSR count). The molecule has 1 atom stereocenters. The van der Waals surface area contributed by atoms with Crippen molar-refractivity contribution in [3.05, 3.63) is 82.7 Å². The fourth-order valence-electron chi connectivity index (χ4n) is 4.88. The van der Waals surface area contributed by atoms with E-state index >= 15 is 0 Å². The summed E-state index contributed by atoms with van der Waals surface area (Å²) in [5.41, 5.74) is 6.73. The van der Waals surface area contributed by atoms with E-state index in [0.717, 1.165) is 37.7 Å². The van der Waals surface area contributed by atoms with Crippen molar-refractivity contribution in [3.63, 3.8) is 0 Å². The Balaban J connectivity index is 1.56. The number of aromatic nitrogens is 2. The second-order valence-electron chi connectivity index (χ2n) is 9.64. The number of nitrogens with two attached hydrogens (primary N) is 1. The number of carbonyl (C=O) groups is 2. The van der Waals surface area contributed by atoms with Gasteiger partial charge in [-0.15, -0.1) is 0 Å². The van der Waals surface area contributed by atoms with Gasteiger partial charge < -0.3 is 20.7 Å². The molecule has 3 N–H and O–H groups in total. The van der Waals surface area contributed by atoms with Crippen LogP contribution in [0.25, 0.3) is 0 Å². The highest BCUT2D eigenvalue weighted by molar-refractivity contribution is 6.64. The molecule has 1 aliphatic rings. The van der Waals surface area contributed by atoms with Gasteiger partial charge in [-0.1, -0.05) is 43.2 Å². The van der Waals surface area contributed by atoms with Crippen LogP contribution in [0, 0.1) is 11.8 Å². The average Bonchev–Trinajstić information content (AvgIpc) is 2.93. The predicted octanol–water partition coefficient (Wildman–Crippen LogP) is 4.34. The van der Waals surface area contributed by atoms with E-state index in [1.165, 1.54) is 0 Å². The molecule has 0 aliphatic carbocycles. The molecule has 7 nitrogen and oxygen atoms in total. The SMILES string of the molecule is CCC(C(N)=O)c1ccccc1C#Cc1nc(Nc2ccc(C3CCN(BC=O)CC3)cc2)ncc1C(F)(F)F. The smallest absolute Gasteiger partial charge is 0.369 e. The number of anilines is 2. The highest BCUT2D eigenvalue weighted by atomic mass is 19.4. The highest BCUT2D eigenvalue weighted by Crippen LogP contribution is 2.32. The van der Waals surface area contributed by atoms with Gasteiger partial charge in [0.2, 0.25) is 11.9 Å². The topological polar surface area (TPSA) is 101 Å². The van der Waals surface area contributed by atoms with Crippen molar-refractivity contribution in [1.29, 1.82) is 0 Å². The number of hydrogen-bond donors (Lipinski definition) is 2. The molecule has 0 bridgehead atoms. The molecule has 0 radical (unpaired) electrons. The van der Waals surface area contributed by atoms with Gasteiger partial charge in [-0.2, -0.15) is 13.2 Å². The maximum Gasteiger partial charge on any atom is 0.420 e. The summed E-state index contributed by atoms with van der Waals surface area (Å²) >= 11 is 0. The van der Waals surface area contributed by atoms with Crippen LogP contribution in [0.4, 0.5) is 24.8 Å². The van der Waals surface area contributed by atoms with E-state index in [-0.39, 0.29) is 5.95 Å². The van der Waals surface area contributed by atoms with Gasteiger partial charge in [0.15, 0.2) is 0 Å². The number of hydrogen-bond acceptors (Lipinski definition) is 6. The highest BCUT2D eigenvalue weighted by Gasteiger charge is 2.35. The van der Waals surface area contributed by atoms with E-state index in [1.807, 2.05) is 24.3 Å². The van der Waals surface area contributed by atoms with Gasteiger partial charge in [0.25, 0.3) is 7.41 Å². The molecule has 1 aromatic heterocycles. The zero-order valence-electron chi connectivity index (χ0n) is 22.0. The Morgan fingerprint density at radius 1 is 1.18 bits per heavy atom. The number of benzene rings is 2. The van der Waals surface area contributed by atoms with E-state index < -0.39 is 29.3 Å². The van der Waals surface area contributed by atoms with E-state index in [0.29, 0.717) is 42.8 Å². The first-order chi connectivity index (χ1) is 19.2. The molecule has 1 fully saturated rings. The minimum Gasteiger partial charge on any atom is -0.369 e. The van der Waals surface area contributed by atoms with Gasteiger partial charge in [0, 0.05) is 17.4 Å². The van der Waals surface area contributed by atoms with Crippen molar-refractivity contribution in [2.75, 3.05) is 18.4 Å². The quantitative estimate of drug-likeness (QED) is 0.247. The van der Waals surface area contributed by atoms with Gasteiger partial charge in [-0.25, -0.2) is 9.97 Å². The van der Waals surface area contributed by atoms with E-state index in [2.05, 4.69) is 31.9 Å². The molecule has 1 aliphatic heterocycles. The molecule has 0 saturated carbocycles. The molecule has 206 valence electrons. The van der Waals surface area contributed by atoms with E-state index in [1.54, 1.807) is 31.2 Å². The van der Waals surface area contributed by atoms with Crippen LogP contribution in [0.5, 0.6) is 0 Å². The number of piperidine rings is 1. The van der Waals surface area contributed by atoms with Crippen LogP contribution in [0.15, 0.2) is 54.7 Å². The predicted molar refractivity (Wildman–Crippen MR) is 149 cm³/mol. The molecule has 2 aromatic carbocycles. The number of alkyl halides is 3. The summed E-state index contributed by atoms with van der Waals surface area (Å²) < 4.78 is 41.2. The second-order valence-corrected chi connectivity index (χ2v) is 9.64. The average molecular weight is 547 g/mol. The monoisotopic (exact) mass is 547 g/mol. The van der Waals surface area contributed by atoms with Gasteiger partial charge in [-0.3, -0.25) is 4.79 Å². The number of carbonyl (C=O) groups excluding carboxylic acids is 2. The minimum atomic E-state index is -4.70. The van der Waals surface area contributed by atoms with Crippen LogP contribution >= 0.6 is 0 Å². The fraction of sp³-hybridized carbons (Fsp3) is 0.310. The Morgan fingerprint density at radius 3 is 2.50 bits per heavy atom. The lowest BCUT2D eigenvalue weighted by atomic mass is 9.84. The second kappa shape index (κ2) is 12.8. The maximum atomic E-state index is 13.7. The molecule has 2 heterocycles. The summed E-state index contributed by atoms with van der Waals surface area (Å²) in [6.45, 7) is 3.52. The first-order valence-electron chi connectivity index (χ1n) is 13.1. The van der Waals surface area contributed by atoms with Crippen molar-refractivity contribution >= 4 is 31.1 Å². The van der Waals surface area contributed by atoms with Gasteiger partial charge >= 0.3 is 6.18 Å². The van der Waals surface area contributed by atoms with Crippen LogP contribution in [0.1, 0.15) is 66.0 Å². The van der Waals surface area contributed by atoms with Crippen molar-refractivity contribution in [1.82, 2.24) is 14.8 Å². The summed E-state index contributed by atoms with van der Waals surface area (Å²) in [6.07, 6.45) is -0.735. The standard InChI is InChI=1S/C29H29BF3N5O2/c1-2-23(27(34)40)24-6-4-3-5-21(24)9-12-26-25(29(31,32)33)17-35-28(37-26)36-22-10-7-19(8-11-22)20-13-15-38(16-14-20)30-18-39/h3-8,10-11,17-18,20,23,30H,2,13-16H2,1H3,(H2,34,40)(H,35,36,37).